The van der Waals surface area contributed by atoms with Gasteiger partial charge in [-0.3, -0.25) is 4.90 Å². The fraction of sp³-hybridized carbons (Fsp3) is 0.400. The first-order chi connectivity index (χ1) is 9.58. The van der Waals surface area contributed by atoms with Gasteiger partial charge in [0, 0.05) is 24.0 Å². The van der Waals surface area contributed by atoms with Crippen LogP contribution in [0.5, 0.6) is 0 Å². The smallest absolute Gasteiger partial charge is 0.123 e. The van der Waals surface area contributed by atoms with Crippen molar-refractivity contribution in [2.45, 2.75) is 25.5 Å². The van der Waals surface area contributed by atoms with Crippen LogP contribution in [-0.2, 0) is 12.4 Å². The Morgan fingerprint density at radius 3 is 2.60 bits per heavy atom. The second kappa shape index (κ2) is 7.18. The molecule has 0 radical (unpaired) electrons. The number of hydrogen-bond acceptors (Lipinski definition) is 4. The lowest BCUT2D eigenvalue weighted by Crippen LogP contribution is -2.26. The van der Waals surface area contributed by atoms with Crippen LogP contribution >= 0.6 is 22.9 Å². The lowest BCUT2D eigenvalue weighted by Gasteiger charge is -2.18. The monoisotopic (exact) mass is 310 g/mol. The van der Waals surface area contributed by atoms with Gasteiger partial charge in [-0.15, -0.1) is 22.9 Å². The van der Waals surface area contributed by atoms with E-state index < -0.39 is 0 Å². The van der Waals surface area contributed by atoms with Gasteiger partial charge < -0.3 is 5.11 Å². The summed E-state index contributed by atoms with van der Waals surface area (Å²) >= 11 is 7.39. The Hall–Kier alpha value is -0.940. The molecule has 3 nitrogen and oxygen atoms in total. The quantitative estimate of drug-likeness (QED) is 0.831. The SMILES string of the molecule is CC(O)CN(C)Cc1ccc(-c2nc(CCl)cs2)cc1. The molecule has 1 heterocycles. The van der Waals surface area contributed by atoms with Gasteiger partial charge in [0.05, 0.1) is 17.7 Å². The maximum atomic E-state index is 9.36. The number of aliphatic hydroxyl groups excluding tert-OH is 1. The van der Waals surface area contributed by atoms with Gasteiger partial charge in [-0.25, -0.2) is 4.98 Å². The Labute approximate surface area is 128 Å². The third-order valence-electron chi connectivity index (χ3n) is 2.92. The van der Waals surface area contributed by atoms with E-state index in [4.69, 9.17) is 11.6 Å². The minimum atomic E-state index is -0.302. The van der Waals surface area contributed by atoms with E-state index in [0.29, 0.717) is 12.4 Å². The number of rotatable bonds is 6. The van der Waals surface area contributed by atoms with Crippen LogP contribution < -0.4 is 0 Å². The molecule has 1 aromatic carbocycles. The molecular formula is C15H19ClN2OS. The average molecular weight is 311 g/mol. The molecule has 0 aliphatic rings. The third-order valence-corrected chi connectivity index (χ3v) is 4.13. The molecule has 1 N–H and O–H groups in total. The van der Waals surface area contributed by atoms with Crippen molar-refractivity contribution in [2.24, 2.45) is 0 Å². The Morgan fingerprint density at radius 1 is 1.35 bits per heavy atom. The maximum Gasteiger partial charge on any atom is 0.123 e. The zero-order chi connectivity index (χ0) is 14.5. The van der Waals surface area contributed by atoms with Crippen LogP contribution in [-0.4, -0.2) is 34.7 Å². The first kappa shape index (κ1) is 15.4. The van der Waals surface area contributed by atoms with Crippen LogP contribution in [0.3, 0.4) is 0 Å². The number of alkyl halides is 1. The molecule has 108 valence electrons. The largest absolute Gasteiger partial charge is 0.392 e. The molecule has 2 rings (SSSR count). The van der Waals surface area contributed by atoms with Crippen LogP contribution in [0.2, 0.25) is 0 Å². The van der Waals surface area contributed by atoms with E-state index in [-0.39, 0.29) is 6.10 Å². The number of aliphatic hydroxyl groups is 1. The third kappa shape index (κ3) is 4.28. The van der Waals surface area contributed by atoms with Gasteiger partial charge in [0.1, 0.15) is 5.01 Å². The normalized spacial score (nSPS) is 12.8. The van der Waals surface area contributed by atoms with Crippen molar-refractivity contribution in [2.75, 3.05) is 13.6 Å². The summed E-state index contributed by atoms with van der Waals surface area (Å²) in [6, 6.07) is 8.38. The van der Waals surface area contributed by atoms with Crippen LogP contribution in [0.25, 0.3) is 10.6 Å². The van der Waals surface area contributed by atoms with E-state index in [0.717, 1.165) is 22.8 Å². The van der Waals surface area contributed by atoms with E-state index >= 15 is 0 Å². The number of aromatic nitrogens is 1. The van der Waals surface area contributed by atoms with Gasteiger partial charge in [-0.2, -0.15) is 0 Å². The van der Waals surface area contributed by atoms with E-state index in [1.165, 1.54) is 5.56 Å². The van der Waals surface area contributed by atoms with E-state index in [2.05, 4.69) is 34.1 Å². The topological polar surface area (TPSA) is 36.4 Å². The molecule has 20 heavy (non-hydrogen) atoms. The Kier molecular flexibility index (Phi) is 5.54. The summed E-state index contributed by atoms with van der Waals surface area (Å²) in [6.45, 7) is 3.31. The van der Waals surface area contributed by atoms with Gasteiger partial charge in [-0.05, 0) is 19.5 Å². The lowest BCUT2D eigenvalue weighted by molar-refractivity contribution is 0.138. The van der Waals surface area contributed by atoms with E-state index in [9.17, 15) is 5.11 Å². The molecule has 1 aromatic heterocycles. The Balaban J connectivity index is 2.02. The van der Waals surface area contributed by atoms with Gasteiger partial charge >= 0.3 is 0 Å². The summed E-state index contributed by atoms with van der Waals surface area (Å²) in [5.74, 6) is 0.457. The summed E-state index contributed by atoms with van der Waals surface area (Å²) < 4.78 is 0. The Morgan fingerprint density at radius 2 is 2.05 bits per heavy atom. The van der Waals surface area contributed by atoms with Gasteiger partial charge in [-0.1, -0.05) is 24.3 Å². The summed E-state index contributed by atoms with van der Waals surface area (Å²) in [4.78, 5) is 6.58. The molecule has 0 fully saturated rings. The molecule has 5 heteroatoms. The van der Waals surface area contributed by atoms with Crippen LogP contribution in [0.1, 0.15) is 18.2 Å². The van der Waals surface area contributed by atoms with Crippen molar-refractivity contribution in [1.82, 2.24) is 9.88 Å². The highest BCUT2D eigenvalue weighted by Gasteiger charge is 2.06. The molecule has 0 saturated heterocycles. The highest BCUT2D eigenvalue weighted by atomic mass is 35.5. The second-order valence-electron chi connectivity index (χ2n) is 5.02. The Bertz CT molecular complexity index is 539. The summed E-state index contributed by atoms with van der Waals surface area (Å²) in [5, 5.41) is 12.4. The highest BCUT2D eigenvalue weighted by Crippen LogP contribution is 2.24. The molecule has 1 unspecified atom stereocenters. The standard InChI is InChI=1S/C15H19ClN2OS/c1-11(19)8-18(2)9-12-3-5-13(6-4-12)15-17-14(7-16)10-20-15/h3-6,10-11,19H,7-9H2,1-2H3. The number of thiazole rings is 1. The molecule has 0 amide bonds. The number of hydrogen-bond donors (Lipinski definition) is 1. The van der Waals surface area contributed by atoms with E-state index in [1.807, 2.05) is 12.4 Å². The molecule has 0 aliphatic carbocycles. The predicted molar refractivity (Wildman–Crippen MR) is 85.1 cm³/mol. The molecular weight excluding hydrogens is 292 g/mol. The molecule has 0 bridgehead atoms. The zero-order valence-electron chi connectivity index (χ0n) is 11.7. The molecule has 1 atom stereocenters. The number of likely N-dealkylation sites (N-methyl/N-ethyl adjacent to an activating group) is 1. The second-order valence-corrected chi connectivity index (χ2v) is 6.15. The van der Waals surface area contributed by atoms with Crippen molar-refractivity contribution in [3.8, 4) is 10.6 Å². The van der Waals surface area contributed by atoms with Crippen molar-refractivity contribution in [3.05, 3.63) is 40.9 Å². The van der Waals surface area contributed by atoms with Crippen molar-refractivity contribution in [3.63, 3.8) is 0 Å². The zero-order valence-corrected chi connectivity index (χ0v) is 13.3. The molecule has 0 spiro atoms. The highest BCUT2D eigenvalue weighted by molar-refractivity contribution is 7.13. The summed E-state index contributed by atoms with van der Waals surface area (Å²) in [7, 11) is 2.01. The number of benzene rings is 1. The average Bonchev–Trinajstić information content (AvgIpc) is 2.87. The minimum absolute atomic E-state index is 0.302. The van der Waals surface area contributed by atoms with Crippen molar-refractivity contribution in [1.29, 1.82) is 0 Å². The first-order valence-electron chi connectivity index (χ1n) is 6.54. The van der Waals surface area contributed by atoms with Gasteiger partial charge in [0.2, 0.25) is 0 Å². The number of halogens is 1. The first-order valence-corrected chi connectivity index (χ1v) is 7.96. The van der Waals surface area contributed by atoms with Crippen LogP contribution in [0, 0.1) is 0 Å². The fourth-order valence-corrected chi connectivity index (χ4v) is 3.14. The fourth-order valence-electron chi connectivity index (χ4n) is 2.08. The predicted octanol–water partition coefficient (Wildman–Crippen LogP) is 3.36. The van der Waals surface area contributed by atoms with Crippen molar-refractivity contribution >= 4 is 22.9 Å². The van der Waals surface area contributed by atoms with E-state index in [1.54, 1.807) is 18.3 Å². The van der Waals surface area contributed by atoms with Crippen molar-refractivity contribution < 1.29 is 5.11 Å². The summed E-state index contributed by atoms with van der Waals surface area (Å²) in [5.41, 5.74) is 3.27. The summed E-state index contributed by atoms with van der Waals surface area (Å²) in [6.07, 6.45) is -0.302. The van der Waals surface area contributed by atoms with Gasteiger partial charge in [0.25, 0.3) is 0 Å². The van der Waals surface area contributed by atoms with Crippen LogP contribution in [0.4, 0.5) is 0 Å². The molecule has 0 aliphatic heterocycles. The molecule has 2 aromatic rings. The number of nitrogens with zero attached hydrogens (tertiary/aromatic N) is 2. The maximum absolute atomic E-state index is 9.36. The lowest BCUT2D eigenvalue weighted by atomic mass is 10.1. The van der Waals surface area contributed by atoms with Crippen LogP contribution in [0.15, 0.2) is 29.6 Å². The minimum Gasteiger partial charge on any atom is -0.392 e. The van der Waals surface area contributed by atoms with Gasteiger partial charge in [0.15, 0.2) is 0 Å². The molecule has 0 saturated carbocycles.